The highest BCUT2D eigenvalue weighted by Gasteiger charge is 2.09. The molecule has 1 heterocycles. The van der Waals surface area contributed by atoms with Crippen molar-refractivity contribution in [2.45, 2.75) is 6.54 Å². The van der Waals surface area contributed by atoms with E-state index in [9.17, 15) is 4.79 Å². The first-order valence-electron chi connectivity index (χ1n) is 6.08. The zero-order valence-corrected chi connectivity index (χ0v) is 11.2. The van der Waals surface area contributed by atoms with Crippen molar-refractivity contribution in [3.63, 3.8) is 0 Å². The van der Waals surface area contributed by atoms with Gasteiger partial charge >= 0.3 is 0 Å². The van der Waals surface area contributed by atoms with Crippen LogP contribution in [0, 0.1) is 0 Å². The number of rotatable bonds is 6. The number of ether oxygens (including phenoxy) is 1. The molecule has 7 nitrogen and oxygen atoms in total. The number of hydrogen-bond donors (Lipinski definition) is 3. The van der Waals surface area contributed by atoms with E-state index in [1.54, 1.807) is 36.2 Å². The molecule has 2 rings (SSSR count). The number of benzene rings is 1. The number of hydrogen-bond acceptors (Lipinski definition) is 5. The summed E-state index contributed by atoms with van der Waals surface area (Å²) in [6, 6.07) is 4.95. The van der Waals surface area contributed by atoms with E-state index in [0.717, 1.165) is 5.69 Å². The van der Waals surface area contributed by atoms with E-state index in [1.807, 2.05) is 6.20 Å². The van der Waals surface area contributed by atoms with E-state index in [-0.39, 0.29) is 0 Å². The van der Waals surface area contributed by atoms with Crippen molar-refractivity contribution in [2.75, 3.05) is 24.8 Å². The Balaban J connectivity index is 2.17. The summed E-state index contributed by atoms with van der Waals surface area (Å²) in [6.07, 6.45) is 3.48. The molecule has 7 heteroatoms. The molecule has 0 spiro atoms. The van der Waals surface area contributed by atoms with Crippen LogP contribution < -0.4 is 16.8 Å². The molecule has 0 unspecified atom stereocenters. The maximum absolute atomic E-state index is 11.4. The first kappa shape index (κ1) is 13.9. The fourth-order valence-electron chi connectivity index (χ4n) is 1.77. The number of nitrogen functional groups attached to an aromatic ring is 1. The Morgan fingerprint density at radius 1 is 1.50 bits per heavy atom. The van der Waals surface area contributed by atoms with E-state index in [0.29, 0.717) is 30.1 Å². The summed E-state index contributed by atoms with van der Waals surface area (Å²) in [5, 5.41) is 7.27. The summed E-state index contributed by atoms with van der Waals surface area (Å²) in [6.45, 7) is 1.23. The van der Waals surface area contributed by atoms with Crippen LogP contribution >= 0.6 is 0 Å². The molecule has 0 atom stereocenters. The molecule has 0 bridgehead atoms. The third-order valence-electron chi connectivity index (χ3n) is 2.75. The van der Waals surface area contributed by atoms with Crippen LogP contribution in [0.15, 0.2) is 30.6 Å². The number of primary amides is 1. The normalized spacial score (nSPS) is 10.4. The monoisotopic (exact) mass is 275 g/mol. The van der Waals surface area contributed by atoms with Gasteiger partial charge in [0.25, 0.3) is 5.91 Å². The van der Waals surface area contributed by atoms with Gasteiger partial charge in [-0.1, -0.05) is 0 Å². The van der Waals surface area contributed by atoms with E-state index in [4.69, 9.17) is 16.2 Å². The number of aromatic nitrogens is 2. The smallest absolute Gasteiger partial charge is 0.250 e. The van der Waals surface area contributed by atoms with Crippen LogP contribution in [-0.2, 0) is 11.3 Å². The zero-order chi connectivity index (χ0) is 14.5. The van der Waals surface area contributed by atoms with Gasteiger partial charge in [0, 0.05) is 19.0 Å². The predicted molar refractivity (Wildman–Crippen MR) is 76.8 cm³/mol. The highest BCUT2D eigenvalue weighted by atomic mass is 16.5. The fraction of sp³-hybridized carbons (Fsp3) is 0.231. The van der Waals surface area contributed by atoms with Gasteiger partial charge in [-0.2, -0.15) is 5.10 Å². The number of anilines is 3. The molecular weight excluding hydrogens is 258 g/mol. The Morgan fingerprint density at radius 3 is 3.00 bits per heavy atom. The third kappa shape index (κ3) is 3.27. The van der Waals surface area contributed by atoms with Crippen molar-refractivity contribution in [2.24, 2.45) is 5.73 Å². The second-order valence-corrected chi connectivity index (χ2v) is 4.28. The fourth-order valence-corrected chi connectivity index (χ4v) is 1.77. The first-order chi connectivity index (χ1) is 9.60. The van der Waals surface area contributed by atoms with Crippen LogP contribution in [0.2, 0.25) is 0 Å². The highest BCUT2D eigenvalue weighted by Crippen LogP contribution is 2.22. The van der Waals surface area contributed by atoms with E-state index in [1.165, 1.54) is 0 Å². The number of nitrogens with one attached hydrogen (secondary N) is 1. The molecular formula is C13H17N5O2. The van der Waals surface area contributed by atoms with Crippen LogP contribution in [0.3, 0.4) is 0 Å². The van der Waals surface area contributed by atoms with Crippen molar-refractivity contribution >= 4 is 23.0 Å². The minimum atomic E-state index is -0.536. The molecule has 1 aromatic heterocycles. The van der Waals surface area contributed by atoms with Gasteiger partial charge in [-0.05, 0) is 18.2 Å². The number of carbonyl (C=O) groups is 1. The SMILES string of the molecule is COCCn1cc(Nc2ccc(N)cc2C(N)=O)cn1. The summed E-state index contributed by atoms with van der Waals surface area (Å²) in [5.41, 5.74) is 13.2. The minimum Gasteiger partial charge on any atom is -0.399 e. The Kier molecular flexibility index (Phi) is 4.21. The molecule has 2 aromatic rings. The largest absolute Gasteiger partial charge is 0.399 e. The first-order valence-corrected chi connectivity index (χ1v) is 6.08. The summed E-state index contributed by atoms with van der Waals surface area (Å²) >= 11 is 0. The third-order valence-corrected chi connectivity index (χ3v) is 2.75. The van der Waals surface area contributed by atoms with Gasteiger partial charge in [0.2, 0.25) is 0 Å². The quantitative estimate of drug-likeness (QED) is 0.680. The molecule has 0 aliphatic heterocycles. The number of nitrogens with zero attached hydrogens (tertiary/aromatic N) is 2. The van der Waals surface area contributed by atoms with Crippen molar-refractivity contribution < 1.29 is 9.53 Å². The standard InChI is InChI=1S/C13H17N5O2/c1-20-5-4-18-8-10(7-16-18)17-12-3-2-9(14)6-11(12)13(15)19/h2-3,6-8,17H,4-5,14H2,1H3,(H2,15,19). The molecule has 0 radical (unpaired) electrons. The maximum Gasteiger partial charge on any atom is 0.250 e. The number of methoxy groups -OCH3 is 1. The zero-order valence-electron chi connectivity index (χ0n) is 11.2. The van der Waals surface area contributed by atoms with Gasteiger partial charge in [0.1, 0.15) is 0 Å². The molecule has 20 heavy (non-hydrogen) atoms. The van der Waals surface area contributed by atoms with Gasteiger partial charge in [-0.15, -0.1) is 0 Å². The summed E-state index contributed by atoms with van der Waals surface area (Å²) in [5.74, 6) is -0.536. The molecule has 1 aromatic carbocycles. The molecule has 0 fully saturated rings. The molecule has 0 aliphatic carbocycles. The number of amides is 1. The lowest BCUT2D eigenvalue weighted by atomic mass is 10.1. The van der Waals surface area contributed by atoms with E-state index >= 15 is 0 Å². The van der Waals surface area contributed by atoms with Crippen molar-refractivity contribution in [1.29, 1.82) is 0 Å². The Labute approximate surface area is 116 Å². The van der Waals surface area contributed by atoms with Crippen LogP contribution in [0.1, 0.15) is 10.4 Å². The summed E-state index contributed by atoms with van der Waals surface area (Å²) in [4.78, 5) is 11.4. The minimum absolute atomic E-state index is 0.342. The topological polar surface area (TPSA) is 108 Å². The van der Waals surface area contributed by atoms with Crippen molar-refractivity contribution in [3.05, 3.63) is 36.2 Å². The molecule has 5 N–H and O–H groups in total. The number of carbonyl (C=O) groups excluding carboxylic acids is 1. The van der Waals surface area contributed by atoms with Crippen LogP contribution in [-0.4, -0.2) is 29.4 Å². The van der Waals surface area contributed by atoms with Crippen molar-refractivity contribution in [1.82, 2.24) is 9.78 Å². The summed E-state index contributed by atoms with van der Waals surface area (Å²) < 4.78 is 6.72. The molecule has 0 aliphatic rings. The highest BCUT2D eigenvalue weighted by molar-refractivity contribution is 6.00. The number of nitrogens with two attached hydrogens (primary N) is 2. The second-order valence-electron chi connectivity index (χ2n) is 4.28. The average Bonchev–Trinajstić information content (AvgIpc) is 2.86. The Morgan fingerprint density at radius 2 is 2.30 bits per heavy atom. The predicted octanol–water partition coefficient (Wildman–Crippen LogP) is 0.954. The molecule has 0 saturated carbocycles. The van der Waals surface area contributed by atoms with Gasteiger partial charge in [-0.25, -0.2) is 0 Å². The Bertz CT molecular complexity index is 609. The lowest BCUT2D eigenvalue weighted by Gasteiger charge is -2.09. The molecule has 0 saturated heterocycles. The van der Waals surface area contributed by atoms with E-state index in [2.05, 4.69) is 10.4 Å². The van der Waals surface area contributed by atoms with E-state index < -0.39 is 5.91 Å². The maximum atomic E-state index is 11.4. The summed E-state index contributed by atoms with van der Waals surface area (Å²) in [7, 11) is 1.64. The van der Waals surface area contributed by atoms with Crippen LogP contribution in [0.4, 0.5) is 17.1 Å². The van der Waals surface area contributed by atoms with Crippen molar-refractivity contribution in [3.8, 4) is 0 Å². The lowest BCUT2D eigenvalue weighted by Crippen LogP contribution is -2.13. The lowest BCUT2D eigenvalue weighted by molar-refractivity contribution is 0.100. The Hall–Kier alpha value is -2.54. The van der Waals surface area contributed by atoms with Gasteiger partial charge < -0.3 is 21.5 Å². The van der Waals surface area contributed by atoms with Gasteiger partial charge in [-0.3, -0.25) is 9.48 Å². The van der Waals surface area contributed by atoms with Gasteiger partial charge in [0.05, 0.1) is 36.3 Å². The van der Waals surface area contributed by atoms with Gasteiger partial charge in [0.15, 0.2) is 0 Å². The molecule has 106 valence electrons. The average molecular weight is 275 g/mol. The molecule has 1 amide bonds. The second kappa shape index (κ2) is 6.07. The van der Waals surface area contributed by atoms with Crippen LogP contribution in [0.5, 0.6) is 0 Å². The van der Waals surface area contributed by atoms with Crippen LogP contribution in [0.25, 0.3) is 0 Å².